The number of aryl methyl sites for hydroxylation is 1. The number of anilines is 1. The van der Waals surface area contributed by atoms with Gasteiger partial charge in [-0.3, -0.25) is 9.59 Å². The molecule has 3 aromatic rings. The maximum absolute atomic E-state index is 13.4. The predicted molar refractivity (Wildman–Crippen MR) is 138 cm³/mol. The van der Waals surface area contributed by atoms with Gasteiger partial charge in [0.05, 0.1) is 4.90 Å². The minimum atomic E-state index is -3.61. The number of nitrogens with zero attached hydrogens (tertiary/aromatic N) is 2. The standard InChI is InChI=1S/C25H30N4O4S2/c1-17-13-20(19-9-6-10-21(15-19)35(32,33)26-2)16-23(30)29(17)22(14-18-7-4-3-5-8-18)24(31)28-25-27-11-12-34-25/h6,9-13,15-16,18,22,26H,3-5,7-8,14H2,1-2H3,(H,27,28,31). The molecule has 4 rings (SSSR count). The normalized spacial score (nSPS) is 15.6. The van der Waals surface area contributed by atoms with Crippen molar-refractivity contribution in [2.45, 2.75) is 56.4 Å². The molecule has 2 heterocycles. The Bertz CT molecular complexity index is 1340. The molecular weight excluding hydrogens is 484 g/mol. The molecule has 0 bridgehead atoms. The number of pyridine rings is 1. The molecule has 0 saturated heterocycles. The Hall–Kier alpha value is -2.82. The van der Waals surface area contributed by atoms with Crippen molar-refractivity contribution in [1.82, 2.24) is 14.3 Å². The van der Waals surface area contributed by atoms with E-state index in [-0.39, 0.29) is 16.4 Å². The second kappa shape index (κ2) is 10.8. The summed E-state index contributed by atoms with van der Waals surface area (Å²) in [4.78, 5) is 31.0. The van der Waals surface area contributed by atoms with Crippen molar-refractivity contribution < 1.29 is 13.2 Å². The summed E-state index contributed by atoms with van der Waals surface area (Å²) in [7, 11) is -2.26. The largest absolute Gasteiger partial charge is 0.300 e. The number of carbonyl (C=O) groups is 1. The lowest BCUT2D eigenvalue weighted by molar-refractivity contribution is -0.120. The highest BCUT2D eigenvalue weighted by Gasteiger charge is 2.28. The first-order valence-electron chi connectivity index (χ1n) is 11.8. The number of amides is 1. The van der Waals surface area contributed by atoms with Gasteiger partial charge in [-0.2, -0.15) is 0 Å². The average molecular weight is 515 g/mol. The van der Waals surface area contributed by atoms with Crippen LogP contribution in [0.1, 0.15) is 50.3 Å². The lowest BCUT2D eigenvalue weighted by Crippen LogP contribution is -2.36. The van der Waals surface area contributed by atoms with E-state index in [0.29, 0.717) is 34.3 Å². The summed E-state index contributed by atoms with van der Waals surface area (Å²) in [6.07, 6.45) is 7.83. The fourth-order valence-electron chi connectivity index (χ4n) is 4.78. The molecule has 2 N–H and O–H groups in total. The topological polar surface area (TPSA) is 110 Å². The van der Waals surface area contributed by atoms with Crippen LogP contribution >= 0.6 is 11.3 Å². The fourth-order valence-corrected chi connectivity index (χ4v) is 6.09. The van der Waals surface area contributed by atoms with Gasteiger partial charge in [0.15, 0.2) is 5.13 Å². The zero-order valence-electron chi connectivity index (χ0n) is 19.9. The van der Waals surface area contributed by atoms with Gasteiger partial charge in [-0.05, 0) is 55.6 Å². The molecule has 2 aromatic heterocycles. The van der Waals surface area contributed by atoms with E-state index in [9.17, 15) is 18.0 Å². The molecule has 8 nitrogen and oxygen atoms in total. The van der Waals surface area contributed by atoms with Crippen molar-refractivity contribution in [3.05, 3.63) is 64.0 Å². The van der Waals surface area contributed by atoms with Crippen LogP contribution < -0.4 is 15.6 Å². The molecule has 1 aromatic carbocycles. The number of aromatic nitrogens is 2. The number of hydrogen-bond donors (Lipinski definition) is 2. The van der Waals surface area contributed by atoms with E-state index in [1.165, 1.54) is 36.9 Å². The number of thiazole rings is 1. The third-order valence-electron chi connectivity index (χ3n) is 6.57. The summed E-state index contributed by atoms with van der Waals surface area (Å²) in [5, 5.41) is 5.18. The maximum atomic E-state index is 13.4. The number of carbonyl (C=O) groups excluding carboxylic acids is 1. The van der Waals surface area contributed by atoms with Crippen molar-refractivity contribution in [2.75, 3.05) is 12.4 Å². The summed E-state index contributed by atoms with van der Waals surface area (Å²) in [6.45, 7) is 1.81. The molecule has 1 saturated carbocycles. The van der Waals surface area contributed by atoms with E-state index in [2.05, 4.69) is 15.0 Å². The monoisotopic (exact) mass is 514 g/mol. The van der Waals surface area contributed by atoms with Gasteiger partial charge in [0.2, 0.25) is 15.9 Å². The molecule has 1 amide bonds. The molecule has 1 atom stereocenters. The smallest absolute Gasteiger partial charge is 0.252 e. The lowest BCUT2D eigenvalue weighted by Gasteiger charge is -2.28. The highest BCUT2D eigenvalue weighted by Crippen LogP contribution is 2.32. The molecule has 1 fully saturated rings. The molecule has 186 valence electrons. The van der Waals surface area contributed by atoms with Crippen molar-refractivity contribution >= 4 is 32.4 Å². The summed E-state index contributed by atoms with van der Waals surface area (Å²) >= 11 is 1.34. The van der Waals surface area contributed by atoms with Crippen LogP contribution in [0.5, 0.6) is 0 Å². The van der Waals surface area contributed by atoms with Crippen molar-refractivity contribution in [2.24, 2.45) is 5.92 Å². The Labute approximate surface area is 209 Å². The van der Waals surface area contributed by atoms with Crippen LogP contribution in [0.15, 0.2) is 57.7 Å². The number of rotatable bonds is 8. The highest BCUT2D eigenvalue weighted by molar-refractivity contribution is 7.89. The predicted octanol–water partition coefficient (Wildman–Crippen LogP) is 4.34. The first-order valence-corrected chi connectivity index (χ1v) is 14.1. The van der Waals surface area contributed by atoms with Crippen molar-refractivity contribution in [3.63, 3.8) is 0 Å². The summed E-state index contributed by atoms with van der Waals surface area (Å²) in [5.41, 5.74) is 1.57. The minimum absolute atomic E-state index is 0.123. The van der Waals surface area contributed by atoms with Crippen LogP contribution in [0.25, 0.3) is 11.1 Å². The zero-order chi connectivity index (χ0) is 25.0. The molecule has 0 aliphatic heterocycles. The van der Waals surface area contributed by atoms with Gasteiger partial charge in [0.1, 0.15) is 6.04 Å². The number of nitrogens with one attached hydrogen (secondary N) is 2. The zero-order valence-corrected chi connectivity index (χ0v) is 21.5. The van der Waals surface area contributed by atoms with E-state index < -0.39 is 16.1 Å². The Balaban J connectivity index is 1.70. The Morgan fingerprint density at radius 1 is 1.17 bits per heavy atom. The van der Waals surface area contributed by atoms with Crippen LogP contribution in [-0.4, -0.2) is 30.9 Å². The maximum Gasteiger partial charge on any atom is 0.252 e. The van der Waals surface area contributed by atoms with Gasteiger partial charge in [-0.15, -0.1) is 11.3 Å². The molecule has 10 heteroatoms. The van der Waals surface area contributed by atoms with E-state index in [4.69, 9.17) is 0 Å². The second-order valence-electron chi connectivity index (χ2n) is 8.91. The second-order valence-corrected chi connectivity index (χ2v) is 11.7. The Morgan fingerprint density at radius 2 is 1.94 bits per heavy atom. The number of hydrogen-bond acceptors (Lipinski definition) is 6. The number of sulfonamides is 1. The van der Waals surface area contributed by atoms with Crippen LogP contribution in [-0.2, 0) is 14.8 Å². The minimum Gasteiger partial charge on any atom is -0.300 e. The summed E-state index contributed by atoms with van der Waals surface area (Å²) < 4.78 is 28.3. The molecule has 35 heavy (non-hydrogen) atoms. The molecule has 0 radical (unpaired) electrons. The van der Waals surface area contributed by atoms with Gasteiger partial charge >= 0.3 is 0 Å². The lowest BCUT2D eigenvalue weighted by atomic mass is 9.84. The molecule has 1 unspecified atom stereocenters. The highest BCUT2D eigenvalue weighted by atomic mass is 32.2. The van der Waals surface area contributed by atoms with Gasteiger partial charge in [0.25, 0.3) is 5.56 Å². The first kappa shape index (κ1) is 25.3. The van der Waals surface area contributed by atoms with Crippen molar-refractivity contribution in [3.8, 4) is 11.1 Å². The summed E-state index contributed by atoms with van der Waals surface area (Å²) in [6, 6.07) is 9.11. The van der Waals surface area contributed by atoms with Crippen molar-refractivity contribution in [1.29, 1.82) is 0 Å². The Morgan fingerprint density at radius 3 is 2.60 bits per heavy atom. The third-order valence-corrected chi connectivity index (χ3v) is 8.67. The molecule has 1 aliphatic carbocycles. The van der Waals surface area contributed by atoms with Gasteiger partial charge in [0, 0.05) is 23.3 Å². The van der Waals surface area contributed by atoms with Crippen LogP contribution in [0.3, 0.4) is 0 Å². The third kappa shape index (κ3) is 5.88. The van der Waals surface area contributed by atoms with Gasteiger partial charge < -0.3 is 9.88 Å². The van der Waals surface area contributed by atoms with E-state index in [0.717, 1.165) is 25.7 Å². The van der Waals surface area contributed by atoms with E-state index in [1.54, 1.807) is 34.3 Å². The van der Waals surface area contributed by atoms with Crippen LogP contribution in [0.4, 0.5) is 5.13 Å². The van der Waals surface area contributed by atoms with Gasteiger partial charge in [-0.1, -0.05) is 44.2 Å². The van der Waals surface area contributed by atoms with E-state index >= 15 is 0 Å². The number of benzene rings is 1. The summed E-state index contributed by atoms with van der Waals surface area (Å²) in [5.74, 6) is 0.135. The molecule has 1 aliphatic rings. The quantitative estimate of drug-likeness (QED) is 0.465. The van der Waals surface area contributed by atoms with Crippen LogP contribution in [0.2, 0.25) is 0 Å². The van der Waals surface area contributed by atoms with Gasteiger partial charge in [-0.25, -0.2) is 18.1 Å². The average Bonchev–Trinajstić information content (AvgIpc) is 3.36. The van der Waals surface area contributed by atoms with Crippen LogP contribution in [0, 0.1) is 12.8 Å². The SMILES string of the molecule is CNS(=O)(=O)c1cccc(-c2cc(C)n(C(CC3CCCCC3)C(=O)Nc3nccs3)c(=O)c2)c1. The van der Waals surface area contributed by atoms with E-state index in [1.807, 2.05) is 13.0 Å². The first-order chi connectivity index (χ1) is 16.8. The fraction of sp³-hybridized carbons (Fsp3) is 0.400. The molecular formula is C25H30N4O4S2. The Kier molecular flexibility index (Phi) is 7.83. The molecule has 0 spiro atoms.